The number of carbonyl (C=O) groups is 1. The van der Waals surface area contributed by atoms with Gasteiger partial charge in [0.05, 0.1) is 0 Å². The molecule has 0 radical (unpaired) electrons. The molecule has 0 amide bonds. The minimum absolute atomic E-state index is 0.107. The van der Waals surface area contributed by atoms with Gasteiger partial charge in [-0.3, -0.25) is 9.78 Å². The Labute approximate surface area is 118 Å². The lowest BCUT2D eigenvalue weighted by molar-refractivity contribution is 0.0837. The molecule has 2 nitrogen and oxygen atoms in total. The van der Waals surface area contributed by atoms with Crippen LogP contribution in [0.25, 0.3) is 0 Å². The molecule has 0 aliphatic rings. The van der Waals surface area contributed by atoms with Gasteiger partial charge in [0.2, 0.25) is 0 Å². The third-order valence-electron chi connectivity index (χ3n) is 3.10. The van der Waals surface area contributed by atoms with E-state index >= 15 is 0 Å². The Balaban J connectivity index is 2.18. The van der Waals surface area contributed by atoms with E-state index in [4.69, 9.17) is 11.6 Å². The second-order valence-electron chi connectivity index (χ2n) is 5.26. The quantitative estimate of drug-likeness (QED) is 0.782. The lowest BCUT2D eigenvalue weighted by Crippen LogP contribution is -2.27. The first-order valence-electron chi connectivity index (χ1n) is 6.18. The van der Waals surface area contributed by atoms with Crippen molar-refractivity contribution in [3.8, 4) is 0 Å². The summed E-state index contributed by atoms with van der Waals surface area (Å²) in [6.45, 7) is 3.91. The zero-order valence-electron chi connectivity index (χ0n) is 11.1. The summed E-state index contributed by atoms with van der Waals surface area (Å²) in [5.74, 6) is 0.107. The molecule has 0 spiro atoms. The molecule has 2 rings (SSSR count). The molecule has 19 heavy (non-hydrogen) atoms. The van der Waals surface area contributed by atoms with Crippen molar-refractivity contribution in [1.29, 1.82) is 0 Å². The molecule has 0 atom stereocenters. The summed E-state index contributed by atoms with van der Waals surface area (Å²) in [6, 6.07) is 11.2. The summed E-state index contributed by atoms with van der Waals surface area (Å²) in [5.41, 5.74) is 1.30. The zero-order chi connectivity index (χ0) is 13.9. The molecule has 98 valence electrons. The molecule has 1 aromatic carbocycles. The van der Waals surface area contributed by atoms with Crippen LogP contribution < -0.4 is 0 Å². The second-order valence-corrected chi connectivity index (χ2v) is 5.69. The van der Waals surface area contributed by atoms with Crippen molar-refractivity contribution in [1.82, 2.24) is 4.98 Å². The van der Waals surface area contributed by atoms with Gasteiger partial charge in [0.1, 0.15) is 0 Å². The first-order chi connectivity index (χ1) is 8.99. The fourth-order valence-electron chi connectivity index (χ4n) is 2.08. The van der Waals surface area contributed by atoms with Gasteiger partial charge in [0.25, 0.3) is 0 Å². The minimum atomic E-state index is -0.461. The van der Waals surface area contributed by atoms with Crippen LogP contribution in [-0.2, 0) is 6.42 Å². The fourth-order valence-corrected chi connectivity index (χ4v) is 2.21. The monoisotopic (exact) mass is 273 g/mol. The van der Waals surface area contributed by atoms with E-state index < -0.39 is 5.41 Å². The Morgan fingerprint density at radius 3 is 2.47 bits per heavy atom. The number of nitrogens with zero attached hydrogens (tertiary/aromatic N) is 1. The summed E-state index contributed by atoms with van der Waals surface area (Å²) in [7, 11) is 0. The van der Waals surface area contributed by atoms with Gasteiger partial charge in [0.15, 0.2) is 5.78 Å². The lowest BCUT2D eigenvalue weighted by Gasteiger charge is -2.23. The largest absolute Gasteiger partial charge is 0.294 e. The molecule has 1 heterocycles. The van der Waals surface area contributed by atoms with E-state index in [9.17, 15) is 4.79 Å². The molecular weight excluding hydrogens is 258 g/mol. The van der Waals surface area contributed by atoms with Crippen LogP contribution in [0.4, 0.5) is 0 Å². The van der Waals surface area contributed by atoms with Gasteiger partial charge in [-0.15, -0.1) is 0 Å². The first kappa shape index (κ1) is 13.8. The molecule has 0 aliphatic heterocycles. The summed E-state index contributed by atoms with van der Waals surface area (Å²) in [4.78, 5) is 16.5. The highest BCUT2D eigenvalue weighted by molar-refractivity contribution is 6.30. The van der Waals surface area contributed by atoms with E-state index in [1.54, 1.807) is 24.5 Å². The van der Waals surface area contributed by atoms with Gasteiger partial charge in [-0.05, 0) is 36.2 Å². The van der Waals surface area contributed by atoms with Crippen LogP contribution in [0.3, 0.4) is 0 Å². The standard InChI is InChI=1S/C16H16ClNO/c1-16(2,10-12-5-7-14(17)8-6-12)15(19)13-4-3-9-18-11-13/h3-9,11H,10H2,1-2H3. The van der Waals surface area contributed by atoms with Crippen LogP contribution in [0.2, 0.25) is 5.02 Å². The third-order valence-corrected chi connectivity index (χ3v) is 3.35. The Morgan fingerprint density at radius 2 is 1.89 bits per heavy atom. The molecule has 0 aliphatic carbocycles. The van der Waals surface area contributed by atoms with E-state index in [1.807, 2.05) is 38.1 Å². The highest BCUT2D eigenvalue weighted by Crippen LogP contribution is 2.27. The number of hydrogen-bond donors (Lipinski definition) is 0. The molecule has 0 saturated heterocycles. The Bertz CT molecular complexity index is 561. The van der Waals surface area contributed by atoms with Crippen molar-refractivity contribution in [3.63, 3.8) is 0 Å². The highest BCUT2D eigenvalue weighted by Gasteiger charge is 2.28. The second kappa shape index (κ2) is 5.54. The van der Waals surface area contributed by atoms with Gasteiger partial charge in [-0.2, -0.15) is 0 Å². The zero-order valence-corrected chi connectivity index (χ0v) is 11.8. The molecule has 0 bridgehead atoms. The maximum atomic E-state index is 12.5. The highest BCUT2D eigenvalue weighted by atomic mass is 35.5. The molecule has 1 aromatic heterocycles. The van der Waals surface area contributed by atoms with Gasteiger partial charge in [-0.25, -0.2) is 0 Å². The van der Waals surface area contributed by atoms with Crippen LogP contribution in [-0.4, -0.2) is 10.8 Å². The van der Waals surface area contributed by atoms with Crippen molar-refractivity contribution in [2.45, 2.75) is 20.3 Å². The molecular formula is C16H16ClNO. The number of halogens is 1. The smallest absolute Gasteiger partial charge is 0.170 e. The predicted octanol–water partition coefficient (Wildman–Crippen LogP) is 4.19. The van der Waals surface area contributed by atoms with Crippen LogP contribution in [0.15, 0.2) is 48.8 Å². The number of benzene rings is 1. The first-order valence-corrected chi connectivity index (χ1v) is 6.56. The number of hydrogen-bond acceptors (Lipinski definition) is 2. The number of pyridine rings is 1. The number of Topliss-reactive ketones (excluding diaryl/α,β-unsaturated/α-hetero) is 1. The van der Waals surface area contributed by atoms with Crippen LogP contribution >= 0.6 is 11.6 Å². The van der Waals surface area contributed by atoms with Crippen molar-refractivity contribution < 1.29 is 4.79 Å². The minimum Gasteiger partial charge on any atom is -0.294 e. The topological polar surface area (TPSA) is 30.0 Å². The SMILES string of the molecule is CC(C)(Cc1ccc(Cl)cc1)C(=O)c1cccnc1. The van der Waals surface area contributed by atoms with E-state index in [0.717, 1.165) is 5.56 Å². The van der Waals surface area contributed by atoms with Crippen molar-refractivity contribution in [2.24, 2.45) is 5.41 Å². The molecule has 0 unspecified atom stereocenters. The Kier molecular flexibility index (Phi) is 4.01. The third kappa shape index (κ3) is 3.42. The molecule has 3 heteroatoms. The summed E-state index contributed by atoms with van der Waals surface area (Å²) >= 11 is 5.87. The maximum Gasteiger partial charge on any atom is 0.170 e. The average Bonchev–Trinajstić information content (AvgIpc) is 2.41. The number of carbonyl (C=O) groups excluding carboxylic acids is 1. The Hall–Kier alpha value is -1.67. The van der Waals surface area contributed by atoms with Crippen molar-refractivity contribution >= 4 is 17.4 Å². The Morgan fingerprint density at radius 1 is 1.21 bits per heavy atom. The molecule has 0 saturated carbocycles. The van der Waals surface area contributed by atoms with Gasteiger partial charge in [-0.1, -0.05) is 37.6 Å². The van der Waals surface area contributed by atoms with Gasteiger partial charge < -0.3 is 0 Å². The van der Waals surface area contributed by atoms with E-state index in [0.29, 0.717) is 17.0 Å². The van der Waals surface area contributed by atoms with Crippen LogP contribution in [0.5, 0.6) is 0 Å². The van der Waals surface area contributed by atoms with E-state index in [-0.39, 0.29) is 5.78 Å². The van der Waals surface area contributed by atoms with E-state index in [2.05, 4.69) is 4.98 Å². The lowest BCUT2D eigenvalue weighted by atomic mass is 9.79. The number of ketones is 1. The molecule has 0 fully saturated rings. The number of rotatable bonds is 4. The van der Waals surface area contributed by atoms with Gasteiger partial charge >= 0.3 is 0 Å². The summed E-state index contributed by atoms with van der Waals surface area (Å²) in [6.07, 6.45) is 3.97. The van der Waals surface area contributed by atoms with Crippen molar-refractivity contribution in [2.75, 3.05) is 0 Å². The normalized spacial score (nSPS) is 11.3. The van der Waals surface area contributed by atoms with Crippen LogP contribution in [0.1, 0.15) is 29.8 Å². The van der Waals surface area contributed by atoms with Crippen molar-refractivity contribution in [3.05, 3.63) is 64.9 Å². The molecule has 0 N–H and O–H groups in total. The summed E-state index contributed by atoms with van der Waals surface area (Å²) < 4.78 is 0. The average molecular weight is 274 g/mol. The van der Waals surface area contributed by atoms with E-state index in [1.165, 1.54) is 0 Å². The number of aromatic nitrogens is 1. The van der Waals surface area contributed by atoms with Gasteiger partial charge in [0, 0.05) is 28.4 Å². The maximum absolute atomic E-state index is 12.5. The fraction of sp³-hybridized carbons (Fsp3) is 0.250. The van der Waals surface area contributed by atoms with Crippen LogP contribution in [0, 0.1) is 5.41 Å². The molecule has 2 aromatic rings. The predicted molar refractivity (Wildman–Crippen MR) is 77.5 cm³/mol. The summed E-state index contributed by atoms with van der Waals surface area (Å²) in [5, 5.41) is 0.708.